The second-order valence-electron chi connectivity index (χ2n) is 33.6. The van der Waals surface area contributed by atoms with Gasteiger partial charge in [0.25, 0.3) is 0 Å². The molecule has 4 aliphatic rings. The highest BCUT2D eigenvalue weighted by Gasteiger charge is 2.41. The SMILES string of the molecule is CC(C)(C)c1cc(-c2cc3c4c(c2)Sc2cc(C(C)(C)C)ccc2B4c2ccccc2S3)cc(-c2c3ccccc3c(-c3ccccc3)c3ccccc23)c1.CC(C)c1cc(-c2cc3c4c(c2)Sc2cc(C(C)(C)C)ccc2B4c2ccccc2S3)cc(-c2c3ccccc3c(-c3ccccc3)c3ccccc23)c1. The predicted octanol–water partition coefficient (Wildman–Crippen LogP) is 25.9. The minimum absolute atomic E-state index is 0.0430. The molecular weight excluding hydrogens is 1390 g/mol. The smallest absolute Gasteiger partial charge is 0.0911 e. The third kappa shape index (κ3) is 12.2. The summed E-state index contributed by atoms with van der Waals surface area (Å²) in [5, 5.41) is 10.3. The number of fused-ring (bicyclic) bond motifs is 12. The lowest BCUT2D eigenvalue weighted by atomic mass is 9.36. The summed E-state index contributed by atoms with van der Waals surface area (Å²) < 4.78 is 0. The third-order valence-electron chi connectivity index (χ3n) is 23.2. The van der Waals surface area contributed by atoms with Crippen LogP contribution in [0.2, 0.25) is 0 Å². The first-order valence-electron chi connectivity index (χ1n) is 38.6. The Morgan fingerprint density at radius 1 is 0.220 bits per heavy atom. The normalized spacial score (nSPS) is 13.4. The van der Waals surface area contributed by atoms with Crippen LogP contribution in [-0.2, 0) is 16.2 Å². The molecule has 0 nitrogen and oxygen atoms in total. The first-order valence-corrected chi connectivity index (χ1v) is 41.9. The maximum atomic E-state index is 2.50. The van der Waals surface area contributed by atoms with Crippen molar-refractivity contribution in [1.29, 1.82) is 0 Å². The van der Waals surface area contributed by atoms with E-state index >= 15 is 0 Å². The maximum Gasteiger partial charge on any atom is 0.247 e. The summed E-state index contributed by atoms with van der Waals surface area (Å²) in [4.78, 5) is 11.0. The van der Waals surface area contributed by atoms with Crippen LogP contribution in [0.4, 0.5) is 0 Å². The Labute approximate surface area is 660 Å². The molecule has 0 saturated heterocycles. The maximum absolute atomic E-state index is 2.50. The van der Waals surface area contributed by atoms with Gasteiger partial charge in [-0.25, -0.2) is 0 Å². The van der Waals surface area contributed by atoms with Crippen LogP contribution < -0.4 is 32.8 Å². The Balaban J connectivity index is 0.000000148. The van der Waals surface area contributed by atoms with E-state index in [0.717, 1.165) is 0 Å². The molecule has 0 radical (unpaired) electrons. The third-order valence-corrected chi connectivity index (χ3v) is 27.7. The number of benzene rings is 16. The average Bonchev–Trinajstić information content (AvgIpc) is 0.732. The lowest BCUT2D eigenvalue weighted by molar-refractivity contribution is 0.588. The van der Waals surface area contributed by atoms with Gasteiger partial charge in [-0.15, -0.1) is 0 Å². The molecular formula is C103H84B2S4. The predicted molar refractivity (Wildman–Crippen MR) is 477 cm³/mol. The molecule has 4 aliphatic heterocycles. The van der Waals surface area contributed by atoms with Crippen molar-refractivity contribution in [3.8, 4) is 66.8 Å². The van der Waals surface area contributed by atoms with Gasteiger partial charge in [-0.05, 0) is 226 Å². The Morgan fingerprint density at radius 2 is 0.495 bits per heavy atom. The zero-order valence-electron chi connectivity index (χ0n) is 63.7. The molecule has 0 unspecified atom stereocenters. The van der Waals surface area contributed by atoms with Gasteiger partial charge >= 0.3 is 0 Å². The molecule has 0 aromatic heterocycles. The number of rotatable bonds is 7. The second-order valence-corrected chi connectivity index (χ2v) is 37.9. The zero-order chi connectivity index (χ0) is 74.4. The van der Waals surface area contributed by atoms with Gasteiger partial charge in [0.15, 0.2) is 0 Å². The van der Waals surface area contributed by atoms with Gasteiger partial charge in [0.1, 0.15) is 0 Å². The van der Waals surface area contributed by atoms with Gasteiger partial charge < -0.3 is 0 Å². The van der Waals surface area contributed by atoms with Crippen molar-refractivity contribution in [3.05, 3.63) is 326 Å². The van der Waals surface area contributed by atoms with Crippen LogP contribution in [0.5, 0.6) is 0 Å². The first kappa shape index (κ1) is 69.5. The molecule has 109 heavy (non-hydrogen) atoms. The largest absolute Gasteiger partial charge is 0.247 e. The summed E-state index contributed by atoms with van der Waals surface area (Å²) in [6, 6.07) is 115. The second kappa shape index (κ2) is 27.0. The molecule has 526 valence electrons. The molecule has 0 bridgehead atoms. The molecule has 0 aliphatic carbocycles. The molecule has 0 spiro atoms. The van der Waals surface area contributed by atoms with Crippen LogP contribution in [0.3, 0.4) is 0 Å². The van der Waals surface area contributed by atoms with Crippen LogP contribution in [0.25, 0.3) is 110 Å². The quantitative estimate of drug-likeness (QED) is 0.115. The summed E-state index contributed by atoms with van der Waals surface area (Å²) in [6.45, 7) is 26.1. The molecule has 16 aromatic carbocycles. The van der Waals surface area contributed by atoms with Crippen LogP contribution in [-0.4, -0.2) is 13.4 Å². The molecule has 4 heterocycles. The van der Waals surface area contributed by atoms with E-state index in [1.807, 2.05) is 47.0 Å². The van der Waals surface area contributed by atoms with E-state index in [1.165, 1.54) is 204 Å². The van der Waals surface area contributed by atoms with E-state index in [4.69, 9.17) is 0 Å². The van der Waals surface area contributed by atoms with E-state index in [-0.39, 0.29) is 29.7 Å². The first-order chi connectivity index (χ1) is 52.7. The monoisotopic (exact) mass is 1470 g/mol. The highest BCUT2D eigenvalue weighted by molar-refractivity contribution is 8.02. The summed E-state index contributed by atoms with van der Waals surface area (Å²) in [6.07, 6.45) is 0. The molecule has 6 heteroatoms. The fourth-order valence-electron chi connectivity index (χ4n) is 17.5. The van der Waals surface area contributed by atoms with Crippen LogP contribution >= 0.6 is 47.0 Å². The van der Waals surface area contributed by atoms with Crippen molar-refractivity contribution in [2.75, 3.05) is 0 Å². The van der Waals surface area contributed by atoms with Gasteiger partial charge in [0, 0.05) is 39.2 Å². The minimum atomic E-state index is -0.0430. The summed E-state index contributed by atoms with van der Waals surface area (Å²) in [7, 11) is 0. The molecule has 0 saturated carbocycles. The van der Waals surface area contributed by atoms with Crippen LogP contribution in [0, 0.1) is 0 Å². The minimum Gasteiger partial charge on any atom is -0.0911 e. The molecule has 20 rings (SSSR count). The fourth-order valence-corrected chi connectivity index (χ4v) is 22.6. The van der Waals surface area contributed by atoms with Crippen molar-refractivity contribution in [3.63, 3.8) is 0 Å². The summed E-state index contributed by atoms with van der Waals surface area (Å²) in [5.41, 5.74) is 29.6. The van der Waals surface area contributed by atoms with E-state index in [9.17, 15) is 0 Å². The van der Waals surface area contributed by atoms with Crippen molar-refractivity contribution in [2.45, 2.75) is 137 Å². The zero-order valence-corrected chi connectivity index (χ0v) is 67.0. The standard InChI is InChI=1S/C52H43BS2.C51H41BS2/c1-51(2,3)36-24-25-43-45(31-36)55-47-30-34(29-46-50(47)53(43)42-22-14-15-23-44(42)54-46)33-26-35(28-37(27-33)52(4,5)6)49-40-20-12-10-18-38(40)48(32-16-8-7-9-17-32)39-19-11-13-21-41(39)49;1-31(2)33-25-34(27-36(26-33)49-40-19-11-9-17-38(40)48(32-15-7-6-8-16-32)39-18-10-12-20-41(39)49)35-28-46-50-47(29-35)54-45-30-37(51(3,4)5)23-24-43(45)52(50)42-21-13-14-22-44(42)53-46/h7-31H,1-6H3;6-31H,1-5H3. The molecule has 0 fully saturated rings. The highest BCUT2D eigenvalue weighted by atomic mass is 32.2. The fraction of sp³-hybridized carbons (Fsp3) is 0.146. The topological polar surface area (TPSA) is 0 Å². The van der Waals surface area contributed by atoms with E-state index < -0.39 is 0 Å². The molecule has 16 aromatic rings. The lowest BCUT2D eigenvalue weighted by Gasteiger charge is -2.34. The van der Waals surface area contributed by atoms with Gasteiger partial charge in [0.05, 0.1) is 0 Å². The van der Waals surface area contributed by atoms with Crippen molar-refractivity contribution in [1.82, 2.24) is 0 Å². The summed E-state index contributed by atoms with van der Waals surface area (Å²) >= 11 is 7.81. The van der Waals surface area contributed by atoms with E-state index in [2.05, 4.69) is 379 Å². The van der Waals surface area contributed by atoms with E-state index in [0.29, 0.717) is 5.92 Å². The number of hydrogen-bond donors (Lipinski definition) is 0. The van der Waals surface area contributed by atoms with Crippen molar-refractivity contribution in [2.24, 2.45) is 0 Å². The van der Waals surface area contributed by atoms with Gasteiger partial charge in [-0.2, -0.15) is 0 Å². The van der Waals surface area contributed by atoms with E-state index in [1.54, 1.807) is 0 Å². The Kier molecular flexibility index (Phi) is 17.2. The average molecular weight is 1470 g/mol. The lowest BCUT2D eigenvalue weighted by Crippen LogP contribution is -2.58. The highest BCUT2D eigenvalue weighted by Crippen LogP contribution is 2.51. The molecule has 0 atom stereocenters. The van der Waals surface area contributed by atoms with Crippen molar-refractivity contribution >= 4 is 136 Å². The van der Waals surface area contributed by atoms with Crippen molar-refractivity contribution < 1.29 is 0 Å². The van der Waals surface area contributed by atoms with Crippen LogP contribution in [0.15, 0.2) is 342 Å². The van der Waals surface area contributed by atoms with Gasteiger partial charge in [-0.1, -0.05) is 388 Å². The Bertz CT molecular complexity index is 6290. The molecule has 0 amide bonds. The Hall–Kier alpha value is -9.91. The summed E-state index contributed by atoms with van der Waals surface area (Å²) in [5.74, 6) is 0.378. The molecule has 0 N–H and O–H groups in total. The van der Waals surface area contributed by atoms with Crippen LogP contribution in [0.1, 0.15) is 104 Å². The Morgan fingerprint density at radius 3 is 0.853 bits per heavy atom. The number of hydrogen-bond acceptors (Lipinski definition) is 4. The van der Waals surface area contributed by atoms with Gasteiger partial charge in [0.2, 0.25) is 13.4 Å². The van der Waals surface area contributed by atoms with Gasteiger partial charge in [-0.3, -0.25) is 0 Å².